The highest BCUT2D eigenvalue weighted by Crippen LogP contribution is 2.24. The number of carbonyl (C=O) groups excluding carboxylic acids is 1. The SMILES string of the molecule is O=C(O)Cc1ccc(NC(=O)c2noc3c2CCCC3)cc1. The van der Waals surface area contributed by atoms with Gasteiger partial charge >= 0.3 is 5.97 Å². The molecule has 6 heteroatoms. The first-order valence-electron chi connectivity index (χ1n) is 7.23. The number of benzene rings is 1. The molecule has 1 aromatic heterocycles. The second-order valence-electron chi connectivity index (χ2n) is 5.36. The molecule has 0 atom stereocenters. The zero-order valence-electron chi connectivity index (χ0n) is 12.0. The number of fused-ring (bicyclic) bond motifs is 1. The molecule has 0 bridgehead atoms. The van der Waals surface area contributed by atoms with Gasteiger partial charge < -0.3 is 14.9 Å². The lowest BCUT2D eigenvalue weighted by Crippen LogP contribution is -2.15. The highest BCUT2D eigenvalue weighted by molar-refractivity contribution is 6.03. The van der Waals surface area contributed by atoms with Gasteiger partial charge in [-0.3, -0.25) is 9.59 Å². The molecule has 0 fully saturated rings. The molecule has 22 heavy (non-hydrogen) atoms. The molecule has 0 saturated heterocycles. The number of aromatic nitrogens is 1. The molecule has 114 valence electrons. The van der Waals surface area contributed by atoms with E-state index in [0.717, 1.165) is 37.0 Å². The van der Waals surface area contributed by atoms with Crippen molar-refractivity contribution in [3.05, 3.63) is 46.8 Å². The Labute approximate surface area is 127 Å². The number of hydrogen-bond acceptors (Lipinski definition) is 4. The molecule has 1 aliphatic rings. The van der Waals surface area contributed by atoms with Gasteiger partial charge in [-0.1, -0.05) is 17.3 Å². The number of carboxylic acids is 1. The standard InChI is InChI=1S/C16H16N2O4/c19-14(20)9-10-5-7-11(8-6-10)17-16(21)15-12-3-1-2-4-13(12)22-18-15/h5-8H,1-4,9H2,(H,17,21)(H,19,20). The van der Waals surface area contributed by atoms with Crippen molar-refractivity contribution in [2.24, 2.45) is 0 Å². The number of hydrogen-bond donors (Lipinski definition) is 2. The van der Waals surface area contributed by atoms with Crippen LogP contribution in [0.4, 0.5) is 5.69 Å². The maximum atomic E-state index is 12.3. The molecule has 2 aromatic rings. The summed E-state index contributed by atoms with van der Waals surface area (Å²) in [7, 11) is 0. The Morgan fingerprint density at radius 3 is 2.64 bits per heavy atom. The predicted molar refractivity (Wildman–Crippen MR) is 78.9 cm³/mol. The average molecular weight is 300 g/mol. The summed E-state index contributed by atoms with van der Waals surface area (Å²) in [5, 5.41) is 15.4. The minimum atomic E-state index is -0.883. The van der Waals surface area contributed by atoms with Crippen molar-refractivity contribution in [2.45, 2.75) is 32.1 Å². The van der Waals surface area contributed by atoms with Gasteiger partial charge in [0.25, 0.3) is 5.91 Å². The van der Waals surface area contributed by atoms with Crippen molar-refractivity contribution in [2.75, 3.05) is 5.32 Å². The van der Waals surface area contributed by atoms with Gasteiger partial charge in [0.05, 0.1) is 6.42 Å². The normalized spacial score (nSPS) is 13.5. The molecule has 1 amide bonds. The molecular weight excluding hydrogens is 284 g/mol. The molecule has 1 aliphatic carbocycles. The van der Waals surface area contributed by atoms with Crippen LogP contribution in [0, 0.1) is 0 Å². The summed E-state index contributed by atoms with van der Waals surface area (Å²) in [6.45, 7) is 0. The van der Waals surface area contributed by atoms with E-state index in [9.17, 15) is 9.59 Å². The Balaban J connectivity index is 1.71. The first-order valence-corrected chi connectivity index (χ1v) is 7.23. The number of aliphatic carboxylic acids is 1. The van der Waals surface area contributed by atoms with Crippen LogP contribution in [0.2, 0.25) is 0 Å². The number of amides is 1. The van der Waals surface area contributed by atoms with E-state index in [1.807, 2.05) is 0 Å². The Morgan fingerprint density at radius 2 is 1.91 bits per heavy atom. The van der Waals surface area contributed by atoms with Crippen molar-refractivity contribution in [1.82, 2.24) is 5.16 Å². The fourth-order valence-corrected chi connectivity index (χ4v) is 2.63. The first kappa shape index (κ1) is 14.3. The number of rotatable bonds is 4. The minimum absolute atomic E-state index is 0.0367. The van der Waals surface area contributed by atoms with Crippen LogP contribution in [0.25, 0.3) is 0 Å². The van der Waals surface area contributed by atoms with E-state index in [1.54, 1.807) is 24.3 Å². The topological polar surface area (TPSA) is 92.4 Å². The Hall–Kier alpha value is -2.63. The van der Waals surface area contributed by atoms with Gasteiger partial charge in [-0.05, 0) is 37.0 Å². The van der Waals surface area contributed by atoms with E-state index < -0.39 is 5.97 Å². The van der Waals surface area contributed by atoms with E-state index >= 15 is 0 Å². The van der Waals surface area contributed by atoms with Crippen molar-refractivity contribution in [3.8, 4) is 0 Å². The summed E-state index contributed by atoms with van der Waals surface area (Å²) in [6, 6.07) is 6.73. The molecule has 0 spiro atoms. The molecule has 0 aliphatic heterocycles. The smallest absolute Gasteiger partial charge is 0.307 e. The molecule has 0 radical (unpaired) electrons. The summed E-state index contributed by atoms with van der Waals surface area (Å²) in [5.41, 5.74) is 2.55. The zero-order valence-corrected chi connectivity index (χ0v) is 12.0. The molecule has 0 saturated carbocycles. The van der Waals surface area contributed by atoms with Gasteiger partial charge in [-0.2, -0.15) is 0 Å². The van der Waals surface area contributed by atoms with Crippen LogP contribution in [-0.4, -0.2) is 22.1 Å². The van der Waals surface area contributed by atoms with Gasteiger partial charge in [0, 0.05) is 17.7 Å². The van der Waals surface area contributed by atoms with Crippen LogP contribution in [-0.2, 0) is 24.1 Å². The number of nitrogens with zero attached hydrogens (tertiary/aromatic N) is 1. The maximum absolute atomic E-state index is 12.3. The molecule has 0 unspecified atom stereocenters. The fourth-order valence-electron chi connectivity index (χ4n) is 2.63. The Kier molecular flexibility index (Phi) is 3.91. The number of carboxylic acid groups (broad SMARTS) is 1. The third-order valence-corrected chi connectivity index (χ3v) is 3.73. The number of aryl methyl sites for hydroxylation is 1. The second-order valence-corrected chi connectivity index (χ2v) is 5.36. The van der Waals surface area contributed by atoms with E-state index in [-0.39, 0.29) is 12.3 Å². The molecular formula is C16H16N2O4. The second kappa shape index (κ2) is 6.01. The lowest BCUT2D eigenvalue weighted by Gasteiger charge is -2.09. The highest BCUT2D eigenvalue weighted by atomic mass is 16.5. The molecule has 1 aromatic carbocycles. The number of nitrogens with one attached hydrogen (secondary N) is 1. The number of carbonyl (C=O) groups is 2. The van der Waals surface area contributed by atoms with Gasteiger partial charge in [0.1, 0.15) is 5.76 Å². The van der Waals surface area contributed by atoms with Crippen LogP contribution in [0.5, 0.6) is 0 Å². The lowest BCUT2D eigenvalue weighted by atomic mass is 9.96. The maximum Gasteiger partial charge on any atom is 0.307 e. The minimum Gasteiger partial charge on any atom is -0.481 e. The third kappa shape index (κ3) is 3.00. The summed E-state index contributed by atoms with van der Waals surface area (Å²) in [6.07, 6.45) is 3.72. The lowest BCUT2D eigenvalue weighted by molar-refractivity contribution is -0.136. The van der Waals surface area contributed by atoms with Gasteiger partial charge in [0.2, 0.25) is 0 Å². The highest BCUT2D eigenvalue weighted by Gasteiger charge is 2.23. The van der Waals surface area contributed by atoms with E-state index in [4.69, 9.17) is 9.63 Å². The Morgan fingerprint density at radius 1 is 1.18 bits per heavy atom. The van der Waals surface area contributed by atoms with E-state index in [1.165, 1.54) is 0 Å². The van der Waals surface area contributed by atoms with Gasteiger partial charge in [-0.25, -0.2) is 0 Å². The summed E-state index contributed by atoms with van der Waals surface area (Å²) >= 11 is 0. The van der Waals surface area contributed by atoms with Crippen molar-refractivity contribution in [1.29, 1.82) is 0 Å². The van der Waals surface area contributed by atoms with Crippen LogP contribution in [0.3, 0.4) is 0 Å². The van der Waals surface area contributed by atoms with Crippen LogP contribution < -0.4 is 5.32 Å². The molecule has 2 N–H and O–H groups in total. The summed E-state index contributed by atoms with van der Waals surface area (Å²) in [4.78, 5) is 22.9. The van der Waals surface area contributed by atoms with Crippen molar-refractivity contribution in [3.63, 3.8) is 0 Å². The third-order valence-electron chi connectivity index (χ3n) is 3.73. The van der Waals surface area contributed by atoms with Crippen LogP contribution >= 0.6 is 0 Å². The van der Waals surface area contributed by atoms with Crippen LogP contribution in [0.1, 0.15) is 40.2 Å². The molecule has 6 nitrogen and oxygen atoms in total. The predicted octanol–water partition coefficient (Wildman–Crippen LogP) is 2.43. The van der Waals surface area contributed by atoms with E-state index in [0.29, 0.717) is 16.9 Å². The monoisotopic (exact) mass is 300 g/mol. The van der Waals surface area contributed by atoms with Crippen molar-refractivity contribution < 1.29 is 19.2 Å². The van der Waals surface area contributed by atoms with Gasteiger partial charge in [0.15, 0.2) is 5.69 Å². The average Bonchev–Trinajstić information content (AvgIpc) is 2.93. The molecule has 1 heterocycles. The zero-order chi connectivity index (χ0) is 15.5. The molecule has 3 rings (SSSR count). The van der Waals surface area contributed by atoms with Crippen molar-refractivity contribution >= 4 is 17.6 Å². The van der Waals surface area contributed by atoms with Gasteiger partial charge in [-0.15, -0.1) is 0 Å². The largest absolute Gasteiger partial charge is 0.481 e. The van der Waals surface area contributed by atoms with E-state index in [2.05, 4.69) is 10.5 Å². The number of anilines is 1. The quantitative estimate of drug-likeness (QED) is 0.904. The summed E-state index contributed by atoms with van der Waals surface area (Å²) < 4.78 is 5.23. The Bertz CT molecular complexity index is 703. The fraction of sp³-hybridized carbons (Fsp3) is 0.312. The first-order chi connectivity index (χ1) is 10.6. The van der Waals surface area contributed by atoms with Crippen LogP contribution in [0.15, 0.2) is 28.8 Å². The summed E-state index contributed by atoms with van der Waals surface area (Å²) in [5.74, 6) is -0.364.